The summed E-state index contributed by atoms with van der Waals surface area (Å²) in [6, 6.07) is 13.7. The van der Waals surface area contributed by atoms with E-state index >= 15 is 0 Å². The van der Waals surface area contributed by atoms with Crippen molar-refractivity contribution in [2.45, 2.75) is 37.1 Å². The first-order valence-corrected chi connectivity index (χ1v) is 12.3. The van der Waals surface area contributed by atoms with Crippen LogP contribution in [0.1, 0.15) is 36.5 Å². The summed E-state index contributed by atoms with van der Waals surface area (Å²) in [4.78, 5) is 14.4. The fraction of sp³-hybridized carbons (Fsp3) is 0.409. The van der Waals surface area contributed by atoms with E-state index < -0.39 is 10.0 Å². The summed E-state index contributed by atoms with van der Waals surface area (Å²) in [5.41, 5.74) is 0.451. The number of carbonyl (C=O) groups excluding carboxylic acids is 1. The van der Waals surface area contributed by atoms with Gasteiger partial charge in [0, 0.05) is 29.7 Å². The Hall–Kier alpha value is -1.90. The topological polar surface area (TPSA) is 66.9 Å². The molecule has 1 fully saturated rings. The van der Waals surface area contributed by atoms with Crippen molar-refractivity contribution in [3.8, 4) is 5.75 Å². The van der Waals surface area contributed by atoms with Crippen LogP contribution < -0.4 is 4.74 Å². The number of sulfonamides is 1. The standard InChI is InChI=1S/C22H27BrN2O4S/c1-17-5-3-4-14-25(17)30(27,28)21-12-6-18(7-13-21)22(26)24(2)15-16-29-20-10-8-19(23)9-11-20/h6-13,17H,3-5,14-16H2,1-2H3. The quantitative estimate of drug-likeness (QED) is 0.579. The van der Waals surface area contributed by atoms with E-state index in [2.05, 4.69) is 15.9 Å². The molecule has 1 atom stereocenters. The lowest BCUT2D eigenvalue weighted by Crippen LogP contribution is -2.41. The summed E-state index contributed by atoms with van der Waals surface area (Å²) in [6.07, 6.45) is 2.81. The first-order chi connectivity index (χ1) is 14.3. The predicted octanol–water partition coefficient (Wildman–Crippen LogP) is 4.16. The van der Waals surface area contributed by atoms with Gasteiger partial charge in [0.05, 0.1) is 11.4 Å². The molecule has 0 aromatic heterocycles. The largest absolute Gasteiger partial charge is 0.492 e. The molecule has 0 radical (unpaired) electrons. The Labute approximate surface area is 187 Å². The maximum absolute atomic E-state index is 12.9. The van der Waals surface area contributed by atoms with Gasteiger partial charge in [0.2, 0.25) is 10.0 Å². The summed E-state index contributed by atoms with van der Waals surface area (Å²) >= 11 is 3.38. The van der Waals surface area contributed by atoms with Crippen LogP contribution in [0.4, 0.5) is 0 Å². The number of benzene rings is 2. The third-order valence-electron chi connectivity index (χ3n) is 5.31. The molecule has 0 aliphatic carbocycles. The number of hydrogen-bond acceptors (Lipinski definition) is 4. The number of amides is 1. The molecule has 6 nitrogen and oxygen atoms in total. The van der Waals surface area contributed by atoms with Crippen LogP contribution in [-0.2, 0) is 10.0 Å². The number of halogens is 1. The molecule has 2 aromatic carbocycles. The van der Waals surface area contributed by atoms with Gasteiger partial charge < -0.3 is 9.64 Å². The molecule has 0 spiro atoms. The lowest BCUT2D eigenvalue weighted by Gasteiger charge is -2.32. The Morgan fingerprint density at radius 3 is 2.43 bits per heavy atom. The van der Waals surface area contributed by atoms with Gasteiger partial charge in [-0.3, -0.25) is 4.79 Å². The number of rotatable bonds is 7. The Morgan fingerprint density at radius 1 is 1.13 bits per heavy atom. The molecule has 1 heterocycles. The second-order valence-electron chi connectivity index (χ2n) is 7.51. The molecule has 8 heteroatoms. The average Bonchev–Trinajstić information content (AvgIpc) is 2.75. The minimum atomic E-state index is -3.54. The van der Waals surface area contributed by atoms with Crippen molar-refractivity contribution in [1.29, 1.82) is 0 Å². The summed E-state index contributed by atoms with van der Waals surface area (Å²) in [6.45, 7) is 3.27. The minimum absolute atomic E-state index is 0.00178. The van der Waals surface area contributed by atoms with E-state index in [0.717, 1.165) is 29.5 Å². The van der Waals surface area contributed by atoms with Gasteiger partial charge in [-0.2, -0.15) is 4.31 Å². The molecule has 0 bridgehead atoms. The second kappa shape index (κ2) is 9.94. The molecular weight excluding hydrogens is 468 g/mol. The molecule has 30 heavy (non-hydrogen) atoms. The minimum Gasteiger partial charge on any atom is -0.492 e. The van der Waals surface area contributed by atoms with E-state index in [9.17, 15) is 13.2 Å². The van der Waals surface area contributed by atoms with E-state index in [1.165, 1.54) is 12.1 Å². The van der Waals surface area contributed by atoms with Gasteiger partial charge in [-0.05, 0) is 68.3 Å². The SMILES string of the molecule is CC1CCCCN1S(=O)(=O)c1ccc(C(=O)N(C)CCOc2ccc(Br)cc2)cc1. The van der Waals surface area contributed by atoms with Crippen LogP contribution in [0.3, 0.4) is 0 Å². The van der Waals surface area contributed by atoms with Crippen LogP contribution in [-0.4, -0.2) is 56.3 Å². The zero-order chi connectivity index (χ0) is 21.7. The maximum Gasteiger partial charge on any atom is 0.253 e. The first kappa shape index (κ1) is 22.8. The predicted molar refractivity (Wildman–Crippen MR) is 120 cm³/mol. The van der Waals surface area contributed by atoms with Crippen LogP contribution in [0.25, 0.3) is 0 Å². The number of likely N-dealkylation sites (N-methyl/N-ethyl adjacent to an activating group) is 1. The zero-order valence-electron chi connectivity index (χ0n) is 17.3. The van der Waals surface area contributed by atoms with Gasteiger partial charge in [0.1, 0.15) is 12.4 Å². The molecule has 1 aliphatic heterocycles. The molecule has 0 saturated carbocycles. The van der Waals surface area contributed by atoms with Crippen molar-refractivity contribution in [2.75, 3.05) is 26.7 Å². The summed E-state index contributed by atoms with van der Waals surface area (Å²) in [5, 5.41) is 0. The molecule has 1 amide bonds. The van der Waals surface area contributed by atoms with Gasteiger partial charge >= 0.3 is 0 Å². The van der Waals surface area contributed by atoms with Crippen LogP contribution >= 0.6 is 15.9 Å². The number of carbonyl (C=O) groups is 1. The molecule has 2 aromatic rings. The van der Waals surface area contributed by atoms with E-state index in [4.69, 9.17) is 4.74 Å². The third-order valence-corrected chi connectivity index (χ3v) is 7.86. The summed E-state index contributed by atoms with van der Waals surface area (Å²) in [7, 11) is -1.84. The van der Waals surface area contributed by atoms with Crippen LogP contribution in [0, 0.1) is 0 Å². The van der Waals surface area contributed by atoms with Gasteiger partial charge in [-0.15, -0.1) is 0 Å². The van der Waals surface area contributed by atoms with Crippen LogP contribution in [0.2, 0.25) is 0 Å². The molecule has 1 aliphatic rings. The molecule has 1 unspecified atom stereocenters. The second-order valence-corrected chi connectivity index (χ2v) is 10.3. The number of ether oxygens (including phenoxy) is 1. The Morgan fingerprint density at radius 2 is 1.80 bits per heavy atom. The van der Waals surface area contributed by atoms with Gasteiger partial charge in [0.15, 0.2) is 0 Å². The van der Waals surface area contributed by atoms with Crippen LogP contribution in [0.15, 0.2) is 57.9 Å². The lowest BCUT2D eigenvalue weighted by molar-refractivity contribution is 0.0773. The molecule has 0 N–H and O–H groups in total. The highest BCUT2D eigenvalue weighted by Crippen LogP contribution is 2.25. The maximum atomic E-state index is 12.9. The number of hydrogen-bond donors (Lipinski definition) is 0. The van der Waals surface area contributed by atoms with Crippen molar-refractivity contribution in [1.82, 2.24) is 9.21 Å². The fourth-order valence-electron chi connectivity index (χ4n) is 3.49. The fourth-order valence-corrected chi connectivity index (χ4v) is 5.45. The summed E-state index contributed by atoms with van der Waals surface area (Å²) in [5.74, 6) is 0.560. The Bertz CT molecular complexity index is 962. The van der Waals surface area contributed by atoms with E-state index in [0.29, 0.717) is 25.3 Å². The Balaban J connectivity index is 1.59. The van der Waals surface area contributed by atoms with Gasteiger partial charge in [-0.1, -0.05) is 22.4 Å². The highest BCUT2D eigenvalue weighted by atomic mass is 79.9. The van der Waals surface area contributed by atoms with E-state index in [1.807, 2.05) is 31.2 Å². The first-order valence-electron chi connectivity index (χ1n) is 10.0. The van der Waals surface area contributed by atoms with Crippen molar-refractivity contribution < 1.29 is 17.9 Å². The smallest absolute Gasteiger partial charge is 0.253 e. The lowest BCUT2D eigenvalue weighted by atomic mass is 10.1. The van der Waals surface area contributed by atoms with Crippen molar-refractivity contribution >= 4 is 31.9 Å². The molecule has 162 valence electrons. The number of piperidine rings is 1. The van der Waals surface area contributed by atoms with Gasteiger partial charge in [0.25, 0.3) is 5.91 Å². The third kappa shape index (κ3) is 5.42. The molecule has 1 saturated heterocycles. The van der Waals surface area contributed by atoms with Crippen molar-refractivity contribution in [3.05, 3.63) is 58.6 Å². The van der Waals surface area contributed by atoms with Crippen LogP contribution in [0.5, 0.6) is 5.75 Å². The normalized spacial score (nSPS) is 17.5. The van der Waals surface area contributed by atoms with E-state index in [-0.39, 0.29) is 16.8 Å². The number of nitrogens with zero attached hydrogens (tertiary/aromatic N) is 2. The molecular formula is C22H27BrN2O4S. The molecule has 3 rings (SSSR count). The van der Waals surface area contributed by atoms with Gasteiger partial charge in [-0.25, -0.2) is 8.42 Å². The van der Waals surface area contributed by atoms with Crippen molar-refractivity contribution in [3.63, 3.8) is 0 Å². The average molecular weight is 495 g/mol. The summed E-state index contributed by atoms with van der Waals surface area (Å²) < 4.78 is 34.0. The monoisotopic (exact) mass is 494 g/mol. The zero-order valence-corrected chi connectivity index (χ0v) is 19.7. The Kier molecular flexibility index (Phi) is 7.55. The van der Waals surface area contributed by atoms with Crippen molar-refractivity contribution in [2.24, 2.45) is 0 Å². The van der Waals surface area contributed by atoms with E-state index in [1.54, 1.807) is 28.4 Å². The highest BCUT2D eigenvalue weighted by molar-refractivity contribution is 9.10. The highest BCUT2D eigenvalue weighted by Gasteiger charge is 2.31.